The molecule has 1 unspecified atom stereocenters. The molecular formula is C19H34N4. The van der Waals surface area contributed by atoms with E-state index in [1.165, 1.54) is 37.3 Å². The predicted octanol–water partition coefficient (Wildman–Crippen LogP) is 2.56. The van der Waals surface area contributed by atoms with Crippen molar-refractivity contribution >= 4 is 5.69 Å². The van der Waals surface area contributed by atoms with Gasteiger partial charge in [0.05, 0.1) is 0 Å². The fourth-order valence-electron chi connectivity index (χ4n) is 3.61. The molecule has 0 aromatic heterocycles. The van der Waals surface area contributed by atoms with E-state index in [4.69, 9.17) is 5.73 Å². The maximum absolute atomic E-state index is 6.11. The Labute approximate surface area is 142 Å². The minimum Gasteiger partial charge on any atom is -0.372 e. The topological polar surface area (TPSA) is 35.7 Å². The maximum atomic E-state index is 6.11. The van der Waals surface area contributed by atoms with Gasteiger partial charge in [-0.2, -0.15) is 0 Å². The van der Waals surface area contributed by atoms with Crippen LogP contribution < -0.4 is 10.6 Å². The van der Waals surface area contributed by atoms with E-state index >= 15 is 0 Å². The number of nitrogens with zero attached hydrogens (tertiary/aromatic N) is 3. The first-order chi connectivity index (χ1) is 11.2. The van der Waals surface area contributed by atoms with Crippen LogP contribution in [0.5, 0.6) is 0 Å². The molecule has 0 aliphatic carbocycles. The van der Waals surface area contributed by atoms with Gasteiger partial charge in [-0.05, 0) is 44.5 Å². The Hall–Kier alpha value is -1.10. The molecular weight excluding hydrogens is 284 g/mol. The Morgan fingerprint density at radius 1 is 1.00 bits per heavy atom. The van der Waals surface area contributed by atoms with E-state index in [-0.39, 0.29) is 0 Å². The smallest absolute Gasteiger partial charge is 0.0471 e. The van der Waals surface area contributed by atoms with Crippen LogP contribution in [0.25, 0.3) is 0 Å². The lowest BCUT2D eigenvalue weighted by atomic mass is 10.0. The lowest BCUT2D eigenvalue weighted by Crippen LogP contribution is -2.49. The number of piperazine rings is 1. The highest BCUT2D eigenvalue weighted by Gasteiger charge is 2.23. The van der Waals surface area contributed by atoms with E-state index in [2.05, 4.69) is 59.7 Å². The summed E-state index contributed by atoms with van der Waals surface area (Å²) in [4.78, 5) is 7.50. The molecule has 2 N–H and O–H groups in total. The molecule has 130 valence electrons. The van der Waals surface area contributed by atoms with Crippen LogP contribution in [-0.4, -0.2) is 62.2 Å². The standard InChI is InChI=1S/C19H34N4/c1-4-11-21-12-14-23(15-13-21)19(16-20)17-7-9-18(10-8-17)22(5-2)6-3/h7-10,19H,4-6,11-16,20H2,1-3H3. The minimum atomic E-state index is 0.351. The van der Waals surface area contributed by atoms with Crippen LogP contribution in [0.3, 0.4) is 0 Å². The number of hydrogen-bond acceptors (Lipinski definition) is 4. The van der Waals surface area contributed by atoms with Gasteiger partial charge >= 0.3 is 0 Å². The quantitative estimate of drug-likeness (QED) is 0.799. The molecule has 0 saturated carbocycles. The van der Waals surface area contributed by atoms with Crippen molar-refractivity contribution in [3.05, 3.63) is 29.8 Å². The molecule has 1 heterocycles. The van der Waals surface area contributed by atoms with Crippen molar-refractivity contribution in [3.63, 3.8) is 0 Å². The van der Waals surface area contributed by atoms with Gasteiger partial charge in [0.1, 0.15) is 0 Å². The molecule has 0 radical (unpaired) electrons. The van der Waals surface area contributed by atoms with Crippen molar-refractivity contribution in [2.24, 2.45) is 5.73 Å². The molecule has 23 heavy (non-hydrogen) atoms. The molecule has 0 spiro atoms. The van der Waals surface area contributed by atoms with Crippen LogP contribution in [0.1, 0.15) is 38.8 Å². The first-order valence-electron chi connectivity index (χ1n) is 9.24. The average molecular weight is 319 g/mol. The monoisotopic (exact) mass is 318 g/mol. The van der Waals surface area contributed by atoms with Gasteiger partial charge in [0.15, 0.2) is 0 Å². The molecule has 1 aliphatic heterocycles. The largest absolute Gasteiger partial charge is 0.372 e. The van der Waals surface area contributed by atoms with Crippen LogP contribution in [0.2, 0.25) is 0 Å². The summed E-state index contributed by atoms with van der Waals surface area (Å²) >= 11 is 0. The molecule has 1 aromatic carbocycles. The van der Waals surface area contributed by atoms with E-state index in [0.717, 1.165) is 26.2 Å². The summed E-state index contributed by atoms with van der Waals surface area (Å²) in [5, 5.41) is 0. The van der Waals surface area contributed by atoms with E-state index in [9.17, 15) is 0 Å². The van der Waals surface area contributed by atoms with Crippen molar-refractivity contribution in [2.45, 2.75) is 33.2 Å². The first kappa shape index (κ1) is 18.2. The molecule has 2 rings (SSSR count). The lowest BCUT2D eigenvalue weighted by Gasteiger charge is -2.39. The Morgan fingerprint density at radius 3 is 2.09 bits per heavy atom. The second-order valence-corrected chi connectivity index (χ2v) is 6.39. The summed E-state index contributed by atoms with van der Waals surface area (Å²) in [7, 11) is 0. The van der Waals surface area contributed by atoms with Crippen molar-refractivity contribution in [1.29, 1.82) is 0 Å². The summed E-state index contributed by atoms with van der Waals surface area (Å²) in [6.07, 6.45) is 1.24. The second-order valence-electron chi connectivity index (χ2n) is 6.39. The third-order valence-corrected chi connectivity index (χ3v) is 5.02. The van der Waals surface area contributed by atoms with E-state index in [0.29, 0.717) is 12.6 Å². The van der Waals surface area contributed by atoms with Crippen molar-refractivity contribution in [3.8, 4) is 0 Å². The molecule has 1 atom stereocenters. The zero-order chi connectivity index (χ0) is 16.7. The van der Waals surface area contributed by atoms with Crippen molar-refractivity contribution in [1.82, 2.24) is 9.80 Å². The highest BCUT2D eigenvalue weighted by molar-refractivity contribution is 5.47. The van der Waals surface area contributed by atoms with Gasteiger partial charge in [0.25, 0.3) is 0 Å². The van der Waals surface area contributed by atoms with Crippen LogP contribution in [0.4, 0.5) is 5.69 Å². The summed E-state index contributed by atoms with van der Waals surface area (Å²) in [6.45, 7) is 15.3. The van der Waals surface area contributed by atoms with Gasteiger partial charge in [0, 0.05) is 57.5 Å². The zero-order valence-electron chi connectivity index (χ0n) is 15.2. The lowest BCUT2D eigenvalue weighted by molar-refractivity contribution is 0.0985. The van der Waals surface area contributed by atoms with E-state index in [1.807, 2.05) is 0 Å². The maximum Gasteiger partial charge on any atom is 0.0471 e. The number of benzene rings is 1. The Morgan fingerprint density at radius 2 is 1.61 bits per heavy atom. The molecule has 4 heteroatoms. The Balaban J connectivity index is 2.01. The van der Waals surface area contributed by atoms with Gasteiger partial charge in [-0.1, -0.05) is 19.1 Å². The van der Waals surface area contributed by atoms with Crippen LogP contribution in [0, 0.1) is 0 Å². The number of nitrogens with two attached hydrogens (primary N) is 1. The highest BCUT2D eigenvalue weighted by Crippen LogP contribution is 2.24. The number of anilines is 1. The summed E-state index contributed by atoms with van der Waals surface area (Å²) in [6, 6.07) is 9.38. The van der Waals surface area contributed by atoms with Gasteiger partial charge in [-0.15, -0.1) is 0 Å². The Kier molecular flexibility index (Phi) is 7.34. The van der Waals surface area contributed by atoms with E-state index in [1.54, 1.807) is 0 Å². The third-order valence-electron chi connectivity index (χ3n) is 5.02. The molecule has 1 saturated heterocycles. The predicted molar refractivity (Wildman–Crippen MR) is 100 cm³/mol. The van der Waals surface area contributed by atoms with Crippen LogP contribution in [-0.2, 0) is 0 Å². The zero-order valence-corrected chi connectivity index (χ0v) is 15.2. The normalized spacial score (nSPS) is 18.1. The second kappa shape index (κ2) is 9.26. The van der Waals surface area contributed by atoms with Crippen LogP contribution in [0.15, 0.2) is 24.3 Å². The molecule has 0 bridgehead atoms. The van der Waals surface area contributed by atoms with Crippen molar-refractivity contribution in [2.75, 3.05) is 57.3 Å². The van der Waals surface area contributed by atoms with Crippen molar-refractivity contribution < 1.29 is 0 Å². The highest BCUT2D eigenvalue weighted by atomic mass is 15.3. The third kappa shape index (κ3) is 4.69. The van der Waals surface area contributed by atoms with E-state index < -0.39 is 0 Å². The van der Waals surface area contributed by atoms with Crippen LogP contribution >= 0.6 is 0 Å². The van der Waals surface area contributed by atoms with Gasteiger partial charge in [-0.25, -0.2) is 0 Å². The summed E-state index contributed by atoms with van der Waals surface area (Å²) in [5.41, 5.74) is 8.78. The first-order valence-corrected chi connectivity index (χ1v) is 9.24. The minimum absolute atomic E-state index is 0.351. The Bertz CT molecular complexity index is 433. The number of hydrogen-bond donors (Lipinski definition) is 1. The summed E-state index contributed by atoms with van der Waals surface area (Å²) in [5.74, 6) is 0. The van der Waals surface area contributed by atoms with Gasteiger partial charge < -0.3 is 15.5 Å². The molecule has 1 aromatic rings. The molecule has 1 fully saturated rings. The number of rotatable bonds is 8. The fraction of sp³-hybridized carbons (Fsp3) is 0.684. The molecule has 1 aliphatic rings. The SMILES string of the molecule is CCCN1CCN(C(CN)c2ccc(N(CC)CC)cc2)CC1. The molecule has 0 amide bonds. The fourth-order valence-corrected chi connectivity index (χ4v) is 3.61. The summed E-state index contributed by atoms with van der Waals surface area (Å²) < 4.78 is 0. The van der Waals surface area contributed by atoms with Gasteiger partial charge in [0.2, 0.25) is 0 Å². The average Bonchev–Trinajstić information content (AvgIpc) is 2.60. The van der Waals surface area contributed by atoms with Gasteiger partial charge in [-0.3, -0.25) is 4.90 Å². The molecule has 4 nitrogen and oxygen atoms in total.